The molecule has 23 heteroatoms. The first-order valence-electron chi connectivity index (χ1n) is 35.2. The Bertz CT molecular complexity index is 3710. The summed E-state index contributed by atoms with van der Waals surface area (Å²) in [6.07, 6.45) is -1.91. The topological polar surface area (TPSA) is 192 Å². The lowest BCUT2D eigenvalue weighted by atomic mass is 9.79. The summed E-state index contributed by atoms with van der Waals surface area (Å²) in [5.41, 5.74) is 1.84. The Balaban J connectivity index is 1.83. The van der Waals surface area contributed by atoms with Gasteiger partial charge in [-0.25, -0.2) is 4.79 Å². The van der Waals surface area contributed by atoms with E-state index in [1.807, 2.05) is 109 Å². The number of rotatable bonds is 34. The van der Waals surface area contributed by atoms with Crippen molar-refractivity contribution in [2.45, 2.75) is 211 Å². The van der Waals surface area contributed by atoms with Gasteiger partial charge in [-0.05, 0) is 159 Å². The van der Waals surface area contributed by atoms with Crippen molar-refractivity contribution < 1.29 is 79.8 Å². The Hall–Kier alpha value is -6.91. The fraction of sp³-hybridized carbons (Fsp3) is 0.512. The summed E-state index contributed by atoms with van der Waals surface area (Å²) in [6.45, 7) is 35.9. The largest absolute Gasteiger partial charge is 0.497 e. The highest BCUT2D eigenvalue weighted by Gasteiger charge is 2.56. The molecule has 1 aliphatic carbocycles. The van der Waals surface area contributed by atoms with Crippen LogP contribution in [0.15, 0.2) is 127 Å². The highest BCUT2D eigenvalue weighted by Crippen LogP contribution is 2.50. The van der Waals surface area contributed by atoms with Gasteiger partial charge in [0.05, 0.1) is 65.2 Å². The molecule has 1 amide bonds. The summed E-state index contributed by atoms with van der Waals surface area (Å²) >= 11 is 7.59. The zero-order valence-electron chi connectivity index (χ0n) is 65.0. The van der Waals surface area contributed by atoms with Gasteiger partial charge >= 0.3 is 18.0 Å². The van der Waals surface area contributed by atoms with Gasteiger partial charge < -0.3 is 70.7 Å². The summed E-state index contributed by atoms with van der Waals surface area (Å²) in [5, 5.41) is 2.63. The SMILES string of the molecule is CC[Si](CC)(CC)O[C@@](C#CC1=C[C@@H](O[Si](C)(C)C(C)(C)C)C[C@]1(O[Si](C)(C)C)[C@@H](C#C[Si](C)(C)C)Oc1c(Cl)cc([C@H](CC(=O)OC)NC(=O)OC(C)(C)C)cc1OCOC)(COC(c1ccccc1)(c1ccc(OC)cc1)c1ccc(OC)cc1)[C@H](COC(C)=O)OCc1ccc(OC)cc1. The quantitative estimate of drug-likeness (QED) is 0.0102. The van der Waals surface area contributed by atoms with Gasteiger partial charge in [-0.1, -0.05) is 157 Å². The lowest BCUT2D eigenvalue weighted by molar-refractivity contribution is -0.164. The van der Waals surface area contributed by atoms with Gasteiger partial charge in [-0.15, -0.1) is 5.54 Å². The molecule has 0 aromatic heterocycles. The van der Waals surface area contributed by atoms with Gasteiger partial charge in [0.15, 0.2) is 54.9 Å². The van der Waals surface area contributed by atoms with Crippen LogP contribution in [-0.4, -0.2) is 142 Å². The number of ether oxygens (including phenoxy) is 11. The second-order valence-corrected chi connectivity index (χ2v) is 49.4. The van der Waals surface area contributed by atoms with Crippen LogP contribution in [0.2, 0.25) is 80.6 Å². The molecule has 0 bridgehead atoms. The molecular weight excluding hydrogens is 1390 g/mol. The number of methoxy groups -OCH3 is 5. The normalized spacial score (nSPS) is 16.6. The maximum Gasteiger partial charge on any atom is 0.408 e. The van der Waals surface area contributed by atoms with Crippen LogP contribution in [0.1, 0.15) is 116 Å². The molecule has 18 nitrogen and oxygen atoms in total. The average Bonchev–Trinajstić information content (AvgIpc) is 1.64. The van der Waals surface area contributed by atoms with E-state index in [1.54, 1.807) is 54.2 Å². The second kappa shape index (κ2) is 36.4. The molecule has 5 aromatic rings. The lowest BCUT2D eigenvalue weighted by Crippen LogP contribution is -2.59. The number of hydrogen-bond donors (Lipinski definition) is 1. The van der Waals surface area contributed by atoms with Gasteiger partial charge in [0.25, 0.3) is 0 Å². The summed E-state index contributed by atoms with van der Waals surface area (Å²) in [4.78, 5) is 40.3. The Morgan fingerprint density at radius 3 is 1.77 bits per heavy atom. The van der Waals surface area contributed by atoms with Gasteiger partial charge in [0, 0.05) is 26.0 Å². The fourth-order valence-corrected chi connectivity index (χ4v) is 18.2. The van der Waals surface area contributed by atoms with Crippen molar-refractivity contribution >= 4 is 62.7 Å². The fourth-order valence-electron chi connectivity index (χ4n) is 11.8. The zero-order chi connectivity index (χ0) is 76.4. The van der Waals surface area contributed by atoms with Crippen molar-refractivity contribution in [1.82, 2.24) is 5.32 Å². The monoisotopic (exact) mass is 1510 g/mol. The van der Waals surface area contributed by atoms with E-state index in [0.717, 1.165) is 22.3 Å². The highest BCUT2D eigenvalue weighted by molar-refractivity contribution is 6.83. The number of nitrogens with one attached hydrogen (secondary N) is 1. The van der Waals surface area contributed by atoms with Crippen molar-refractivity contribution in [3.63, 3.8) is 0 Å². The minimum Gasteiger partial charge on any atom is -0.497 e. The summed E-state index contributed by atoms with van der Waals surface area (Å²) in [5.74, 6) is 12.3. The van der Waals surface area contributed by atoms with E-state index < -0.39 is 97.8 Å². The van der Waals surface area contributed by atoms with Crippen LogP contribution in [0, 0.1) is 23.3 Å². The van der Waals surface area contributed by atoms with Crippen molar-refractivity contribution in [1.29, 1.82) is 0 Å². The maximum absolute atomic E-state index is 13.6. The zero-order valence-corrected chi connectivity index (χ0v) is 69.8. The highest BCUT2D eigenvalue weighted by atomic mass is 35.5. The number of alkyl carbamates (subject to hydrolysis) is 1. The number of carbonyl (C=O) groups excluding carboxylic acids is 3. The molecule has 0 aliphatic heterocycles. The number of hydrogen-bond acceptors (Lipinski definition) is 17. The lowest BCUT2D eigenvalue weighted by Gasteiger charge is -2.46. The van der Waals surface area contributed by atoms with Crippen LogP contribution in [0.4, 0.5) is 4.79 Å². The van der Waals surface area contributed by atoms with Gasteiger partial charge in [-0.3, -0.25) is 9.59 Å². The van der Waals surface area contributed by atoms with E-state index in [-0.39, 0.29) is 61.0 Å². The molecule has 5 aromatic carbocycles. The number of benzene rings is 5. The van der Waals surface area contributed by atoms with Crippen molar-refractivity contribution in [3.05, 3.63) is 160 Å². The van der Waals surface area contributed by atoms with Crippen LogP contribution in [-0.2, 0) is 63.5 Å². The van der Waals surface area contributed by atoms with E-state index >= 15 is 0 Å². The molecule has 0 spiro atoms. The van der Waals surface area contributed by atoms with E-state index in [1.165, 1.54) is 21.1 Å². The Labute approximate surface area is 622 Å². The number of esters is 2. The third-order valence-corrected chi connectivity index (χ3v) is 29.7. The first kappa shape index (κ1) is 85.0. The third-order valence-electron chi connectivity index (χ3n) is 18.3. The molecule has 0 unspecified atom stereocenters. The van der Waals surface area contributed by atoms with Crippen LogP contribution < -0.4 is 29.0 Å². The maximum atomic E-state index is 13.6. The first-order valence-corrected chi connectivity index (χ1v) is 47.9. The van der Waals surface area contributed by atoms with Gasteiger partial charge in [-0.2, -0.15) is 0 Å². The molecule has 1 N–H and O–H groups in total. The molecular formula is C80H112ClNO17Si4. The molecule has 1 aliphatic rings. The molecule has 6 rings (SSSR count). The molecule has 0 fully saturated rings. The second-order valence-electron chi connectivity index (χ2n) is 30.4. The van der Waals surface area contributed by atoms with Crippen molar-refractivity contribution in [2.24, 2.45) is 0 Å². The summed E-state index contributed by atoms with van der Waals surface area (Å²) in [7, 11) is -3.26. The van der Waals surface area contributed by atoms with E-state index in [2.05, 4.69) is 123 Å². The van der Waals surface area contributed by atoms with Crippen LogP contribution in [0.5, 0.6) is 28.7 Å². The Morgan fingerprint density at radius 1 is 0.728 bits per heavy atom. The minimum absolute atomic E-state index is 0.0198. The Morgan fingerprint density at radius 2 is 1.28 bits per heavy atom. The smallest absolute Gasteiger partial charge is 0.408 e. The first-order chi connectivity index (χ1) is 48.3. The third kappa shape index (κ3) is 23.0. The van der Waals surface area contributed by atoms with E-state index in [9.17, 15) is 14.4 Å². The van der Waals surface area contributed by atoms with E-state index in [4.69, 9.17) is 77.0 Å². The van der Waals surface area contributed by atoms with Crippen molar-refractivity contribution in [3.8, 4) is 52.1 Å². The Kier molecular flexibility index (Phi) is 30.0. The summed E-state index contributed by atoms with van der Waals surface area (Å²) in [6, 6.07) is 37.4. The average molecular weight is 1510 g/mol. The predicted octanol–water partition coefficient (Wildman–Crippen LogP) is 17.3. The molecule has 562 valence electrons. The van der Waals surface area contributed by atoms with Crippen LogP contribution in [0.3, 0.4) is 0 Å². The van der Waals surface area contributed by atoms with Gasteiger partial charge in [0.2, 0.25) is 0 Å². The number of carbonyl (C=O) groups is 3. The minimum atomic E-state index is -3.00. The molecule has 103 heavy (non-hydrogen) atoms. The molecule has 0 heterocycles. The predicted molar refractivity (Wildman–Crippen MR) is 415 cm³/mol. The van der Waals surface area contributed by atoms with Gasteiger partial charge in [0.1, 0.15) is 54.8 Å². The summed E-state index contributed by atoms with van der Waals surface area (Å²) < 4.78 is 92.7. The van der Waals surface area contributed by atoms with Crippen molar-refractivity contribution in [2.75, 3.05) is 55.6 Å². The number of amides is 1. The van der Waals surface area contributed by atoms with E-state index in [0.29, 0.717) is 46.5 Å². The number of halogens is 1. The molecule has 0 radical (unpaired) electrons. The molecule has 0 saturated carbocycles. The standard InChI is InChI=1S/C80H112ClNO17Si4/c1-24-103(25-2,26-3)98-78(72(54-91-57(4)83)92-53-58-32-38-64(87-12)39-33-58,55-94-80(60-30-28-27-29-31-60,61-34-40-65(88-13)41-35-61)62-36-42-66(89-14)43-37-62)46-44-63-50-67(97-102(22,23)77(8,9)10)52-79(63,99-101(19,20)21)71(45-47-100(16,17)18)95-74-68(81)48-59(49-70(74)93-56-86-11)69(51-73(84)90-15)82-75(85)96-76(5,6)7/h27-43,48-50,67,69,71-72H,24-26,51-56H2,1-23H3,(H,82,85)/t67-,69+,71-,72+,78+,79-/m1/s1. The molecule has 6 atom stereocenters. The van der Waals surface area contributed by atoms with Crippen LogP contribution in [0.25, 0.3) is 0 Å². The van der Waals surface area contributed by atoms with Crippen LogP contribution >= 0.6 is 11.6 Å². The molecule has 0 saturated heterocycles.